The van der Waals surface area contributed by atoms with Gasteiger partial charge in [-0.05, 0) is 18.9 Å². The number of halogens is 1. The van der Waals surface area contributed by atoms with E-state index in [1.807, 2.05) is 0 Å². The summed E-state index contributed by atoms with van der Waals surface area (Å²) in [6.45, 7) is 2.27. The van der Waals surface area contributed by atoms with Crippen molar-refractivity contribution in [3.8, 4) is 0 Å². The standard InChI is InChI=1S/C20H37FO/c1-2-3-4-5-6-7-8-9-10-11-12-13-14-15-16-17-18-20(21)19-22/h18-19H,2-17H2,1H3. The number of carbonyl (C=O) groups is 1. The molecule has 0 aliphatic heterocycles. The molecular formula is C20H37FO. The van der Waals surface area contributed by atoms with E-state index < -0.39 is 5.83 Å². The van der Waals surface area contributed by atoms with Crippen molar-refractivity contribution >= 4 is 6.29 Å². The lowest BCUT2D eigenvalue weighted by molar-refractivity contribution is -0.106. The van der Waals surface area contributed by atoms with Crippen molar-refractivity contribution in [3.63, 3.8) is 0 Å². The van der Waals surface area contributed by atoms with E-state index in [0.717, 1.165) is 12.8 Å². The average Bonchev–Trinajstić information content (AvgIpc) is 2.54. The molecule has 1 nitrogen and oxygen atoms in total. The molecule has 0 amide bonds. The fourth-order valence-corrected chi connectivity index (χ4v) is 2.80. The summed E-state index contributed by atoms with van der Waals surface area (Å²) in [7, 11) is 0. The van der Waals surface area contributed by atoms with Crippen LogP contribution in [0.3, 0.4) is 0 Å². The molecule has 0 unspecified atom stereocenters. The molecule has 0 radical (unpaired) electrons. The highest BCUT2D eigenvalue weighted by atomic mass is 19.1. The maximum atomic E-state index is 12.5. The Morgan fingerprint density at radius 1 is 0.682 bits per heavy atom. The van der Waals surface area contributed by atoms with Gasteiger partial charge in [0, 0.05) is 0 Å². The maximum absolute atomic E-state index is 12.5. The first-order valence-electron chi connectivity index (χ1n) is 9.62. The minimum Gasteiger partial charge on any atom is -0.295 e. The second-order valence-corrected chi connectivity index (χ2v) is 6.45. The molecule has 0 saturated carbocycles. The van der Waals surface area contributed by atoms with E-state index in [0.29, 0.717) is 6.42 Å². The zero-order chi connectivity index (χ0) is 16.3. The Morgan fingerprint density at radius 3 is 1.41 bits per heavy atom. The summed E-state index contributed by atoms with van der Waals surface area (Å²) < 4.78 is 12.5. The second kappa shape index (κ2) is 18.4. The molecule has 0 atom stereocenters. The summed E-state index contributed by atoms with van der Waals surface area (Å²) in [5.74, 6) is -0.620. The van der Waals surface area contributed by atoms with Crippen LogP contribution in [0.25, 0.3) is 0 Å². The third kappa shape index (κ3) is 17.4. The molecule has 0 heterocycles. The number of aldehydes is 1. The zero-order valence-corrected chi connectivity index (χ0v) is 14.8. The summed E-state index contributed by atoms with van der Waals surface area (Å²) in [4.78, 5) is 10.1. The largest absolute Gasteiger partial charge is 0.295 e. The van der Waals surface area contributed by atoms with Gasteiger partial charge in [-0.25, -0.2) is 4.39 Å². The van der Waals surface area contributed by atoms with E-state index in [-0.39, 0.29) is 6.29 Å². The molecule has 22 heavy (non-hydrogen) atoms. The van der Waals surface area contributed by atoms with Gasteiger partial charge in [0.2, 0.25) is 0 Å². The second-order valence-electron chi connectivity index (χ2n) is 6.45. The van der Waals surface area contributed by atoms with Crippen LogP contribution in [-0.2, 0) is 4.79 Å². The lowest BCUT2D eigenvalue weighted by Crippen LogP contribution is -1.83. The van der Waals surface area contributed by atoms with Crippen molar-refractivity contribution in [1.82, 2.24) is 0 Å². The highest BCUT2D eigenvalue weighted by Gasteiger charge is 1.94. The minimum atomic E-state index is -0.620. The van der Waals surface area contributed by atoms with Crippen molar-refractivity contribution in [2.45, 2.75) is 110 Å². The normalized spacial score (nSPS) is 11.8. The first-order chi connectivity index (χ1) is 10.8. The fourth-order valence-electron chi connectivity index (χ4n) is 2.80. The van der Waals surface area contributed by atoms with Gasteiger partial charge in [0.15, 0.2) is 12.1 Å². The Bertz CT molecular complexity index is 260. The van der Waals surface area contributed by atoms with Crippen molar-refractivity contribution < 1.29 is 9.18 Å². The summed E-state index contributed by atoms with van der Waals surface area (Å²) in [5, 5.41) is 0. The fraction of sp³-hybridized carbons (Fsp3) is 0.850. The van der Waals surface area contributed by atoms with Gasteiger partial charge in [0.1, 0.15) is 0 Å². The van der Waals surface area contributed by atoms with Gasteiger partial charge in [0.25, 0.3) is 0 Å². The van der Waals surface area contributed by atoms with Crippen molar-refractivity contribution in [2.75, 3.05) is 0 Å². The maximum Gasteiger partial charge on any atom is 0.178 e. The molecule has 0 bridgehead atoms. The highest BCUT2D eigenvalue weighted by Crippen LogP contribution is 2.13. The van der Waals surface area contributed by atoms with Crippen LogP contribution in [0.4, 0.5) is 4.39 Å². The van der Waals surface area contributed by atoms with Gasteiger partial charge in [-0.1, -0.05) is 96.8 Å². The Hall–Kier alpha value is -0.660. The van der Waals surface area contributed by atoms with Crippen molar-refractivity contribution in [1.29, 1.82) is 0 Å². The first kappa shape index (κ1) is 21.3. The quantitative estimate of drug-likeness (QED) is 0.156. The van der Waals surface area contributed by atoms with E-state index in [1.165, 1.54) is 89.5 Å². The molecule has 0 saturated heterocycles. The molecule has 0 aromatic rings. The topological polar surface area (TPSA) is 17.1 Å². The van der Waals surface area contributed by atoms with Gasteiger partial charge >= 0.3 is 0 Å². The molecule has 2 heteroatoms. The van der Waals surface area contributed by atoms with Crippen LogP contribution < -0.4 is 0 Å². The number of rotatable bonds is 17. The molecule has 0 N–H and O–H groups in total. The van der Waals surface area contributed by atoms with Gasteiger partial charge in [0.05, 0.1) is 0 Å². The Morgan fingerprint density at radius 2 is 1.05 bits per heavy atom. The number of unbranched alkanes of at least 4 members (excludes halogenated alkanes) is 15. The van der Waals surface area contributed by atoms with Crippen LogP contribution in [-0.4, -0.2) is 6.29 Å². The van der Waals surface area contributed by atoms with Crippen LogP contribution in [0.2, 0.25) is 0 Å². The monoisotopic (exact) mass is 312 g/mol. The van der Waals surface area contributed by atoms with Crippen LogP contribution in [0, 0.1) is 0 Å². The van der Waals surface area contributed by atoms with E-state index in [4.69, 9.17) is 0 Å². The molecule has 0 aromatic heterocycles. The van der Waals surface area contributed by atoms with Crippen LogP contribution in [0.1, 0.15) is 110 Å². The van der Waals surface area contributed by atoms with Crippen LogP contribution >= 0.6 is 0 Å². The minimum absolute atomic E-state index is 0.283. The van der Waals surface area contributed by atoms with E-state index >= 15 is 0 Å². The third-order valence-corrected chi connectivity index (χ3v) is 4.26. The Balaban J connectivity index is 3.04. The lowest BCUT2D eigenvalue weighted by Gasteiger charge is -2.03. The first-order valence-corrected chi connectivity index (χ1v) is 9.62. The number of allylic oxidation sites excluding steroid dienone is 2. The molecule has 0 spiro atoms. The van der Waals surface area contributed by atoms with E-state index in [9.17, 15) is 9.18 Å². The molecule has 130 valence electrons. The molecule has 0 aromatic carbocycles. The highest BCUT2D eigenvalue weighted by molar-refractivity contribution is 5.69. The third-order valence-electron chi connectivity index (χ3n) is 4.26. The summed E-state index contributed by atoms with van der Waals surface area (Å²) in [5.41, 5.74) is 0. The van der Waals surface area contributed by atoms with Crippen molar-refractivity contribution in [2.24, 2.45) is 0 Å². The van der Waals surface area contributed by atoms with Gasteiger partial charge in [-0.15, -0.1) is 0 Å². The summed E-state index contributed by atoms with van der Waals surface area (Å²) >= 11 is 0. The van der Waals surface area contributed by atoms with Gasteiger partial charge in [-0.3, -0.25) is 4.79 Å². The van der Waals surface area contributed by atoms with Crippen LogP contribution in [0.15, 0.2) is 11.9 Å². The zero-order valence-electron chi connectivity index (χ0n) is 14.8. The molecule has 0 aliphatic carbocycles. The van der Waals surface area contributed by atoms with Crippen LogP contribution in [0.5, 0.6) is 0 Å². The summed E-state index contributed by atoms with van der Waals surface area (Å²) in [6, 6.07) is 0. The lowest BCUT2D eigenvalue weighted by atomic mass is 10.0. The van der Waals surface area contributed by atoms with E-state index in [2.05, 4.69) is 6.92 Å². The number of hydrogen-bond acceptors (Lipinski definition) is 1. The average molecular weight is 313 g/mol. The number of carbonyl (C=O) groups excluding carboxylic acids is 1. The van der Waals surface area contributed by atoms with E-state index in [1.54, 1.807) is 0 Å². The molecule has 0 rings (SSSR count). The summed E-state index contributed by atoms with van der Waals surface area (Å²) in [6.07, 6.45) is 22.5. The predicted molar refractivity (Wildman–Crippen MR) is 94.8 cm³/mol. The molecule has 0 fully saturated rings. The Labute approximate surface area is 137 Å². The molecule has 0 aliphatic rings. The van der Waals surface area contributed by atoms with Gasteiger partial charge in [-0.2, -0.15) is 0 Å². The Kier molecular flexibility index (Phi) is 17.8. The SMILES string of the molecule is CCCCCCCCCCCCCCCCCC=C(F)C=O. The molecular weight excluding hydrogens is 275 g/mol. The van der Waals surface area contributed by atoms with Gasteiger partial charge < -0.3 is 0 Å². The predicted octanol–water partition coefficient (Wildman–Crippen LogP) is 7.30. The number of hydrogen-bond donors (Lipinski definition) is 0. The smallest absolute Gasteiger partial charge is 0.178 e. The van der Waals surface area contributed by atoms with Crippen molar-refractivity contribution in [3.05, 3.63) is 11.9 Å².